The molecule has 0 fully saturated rings. The fourth-order valence-corrected chi connectivity index (χ4v) is 3.53. The zero-order chi connectivity index (χ0) is 19.9. The van der Waals surface area contributed by atoms with Gasteiger partial charge in [0.25, 0.3) is 5.91 Å². The molecule has 0 spiro atoms. The number of carbonyl (C=O) groups is 1. The van der Waals surface area contributed by atoms with Crippen molar-refractivity contribution in [3.8, 4) is 11.5 Å². The Balaban J connectivity index is 1.61. The van der Waals surface area contributed by atoms with E-state index < -0.39 is 0 Å². The molecule has 0 saturated heterocycles. The molecule has 0 bridgehead atoms. The number of benzene rings is 3. The van der Waals surface area contributed by atoms with E-state index in [9.17, 15) is 4.79 Å². The molecule has 3 rings (SSSR count). The summed E-state index contributed by atoms with van der Waals surface area (Å²) in [6, 6.07) is 21.5. The van der Waals surface area contributed by atoms with Crippen molar-refractivity contribution in [2.24, 2.45) is 0 Å². The quantitative estimate of drug-likeness (QED) is 0.534. The maximum absolute atomic E-state index is 12.5. The van der Waals surface area contributed by atoms with Gasteiger partial charge in [0.15, 0.2) is 11.5 Å². The van der Waals surface area contributed by atoms with Crippen molar-refractivity contribution in [3.63, 3.8) is 0 Å². The van der Waals surface area contributed by atoms with Crippen LogP contribution < -0.4 is 14.8 Å². The second-order valence-corrected chi connectivity index (χ2v) is 7.37. The molecular weight excluding hydrogens is 370 g/mol. The Kier molecular flexibility index (Phi) is 6.61. The van der Waals surface area contributed by atoms with Crippen LogP contribution in [0.2, 0.25) is 0 Å². The van der Waals surface area contributed by atoms with Gasteiger partial charge in [-0.1, -0.05) is 29.8 Å². The first-order chi connectivity index (χ1) is 13.6. The molecule has 28 heavy (non-hydrogen) atoms. The number of hydrogen-bond donors (Lipinski definition) is 1. The number of rotatable bonds is 7. The molecule has 0 aliphatic heterocycles. The molecule has 1 N–H and O–H groups in total. The normalized spacial score (nSPS) is 10.4. The summed E-state index contributed by atoms with van der Waals surface area (Å²) in [6.45, 7) is 2.08. The van der Waals surface area contributed by atoms with Crippen LogP contribution in [0.3, 0.4) is 0 Å². The van der Waals surface area contributed by atoms with Gasteiger partial charge in [-0.3, -0.25) is 4.79 Å². The molecule has 4 nitrogen and oxygen atoms in total. The van der Waals surface area contributed by atoms with Gasteiger partial charge in [0.2, 0.25) is 0 Å². The Morgan fingerprint density at radius 2 is 1.57 bits per heavy atom. The molecule has 5 heteroatoms. The first-order valence-corrected chi connectivity index (χ1v) is 9.89. The van der Waals surface area contributed by atoms with Gasteiger partial charge in [0.05, 0.1) is 14.2 Å². The summed E-state index contributed by atoms with van der Waals surface area (Å²) in [5.74, 6) is 1.89. The lowest BCUT2D eigenvalue weighted by Crippen LogP contribution is -2.12. The monoisotopic (exact) mass is 393 g/mol. The number of amides is 1. The van der Waals surface area contributed by atoms with E-state index >= 15 is 0 Å². The topological polar surface area (TPSA) is 47.6 Å². The van der Waals surface area contributed by atoms with Crippen molar-refractivity contribution in [3.05, 3.63) is 83.4 Å². The van der Waals surface area contributed by atoms with E-state index in [1.54, 1.807) is 44.2 Å². The number of hydrogen-bond acceptors (Lipinski definition) is 4. The van der Waals surface area contributed by atoms with E-state index in [1.807, 2.05) is 24.3 Å². The van der Waals surface area contributed by atoms with Gasteiger partial charge < -0.3 is 14.8 Å². The molecule has 144 valence electrons. The highest BCUT2D eigenvalue weighted by atomic mass is 32.2. The summed E-state index contributed by atoms with van der Waals surface area (Å²) < 4.78 is 10.5. The number of ether oxygens (including phenoxy) is 2. The zero-order valence-corrected chi connectivity index (χ0v) is 17.0. The van der Waals surface area contributed by atoms with Crippen molar-refractivity contribution in [2.75, 3.05) is 19.5 Å². The van der Waals surface area contributed by atoms with E-state index in [2.05, 4.69) is 36.5 Å². The minimum absolute atomic E-state index is 0.162. The highest BCUT2D eigenvalue weighted by molar-refractivity contribution is 7.98. The average molecular weight is 394 g/mol. The van der Waals surface area contributed by atoms with Crippen molar-refractivity contribution in [2.45, 2.75) is 17.6 Å². The Morgan fingerprint density at radius 1 is 0.893 bits per heavy atom. The lowest BCUT2D eigenvalue weighted by molar-refractivity contribution is 0.102. The van der Waals surface area contributed by atoms with E-state index in [0.717, 1.165) is 5.75 Å². The number of thioether (sulfide) groups is 1. The highest BCUT2D eigenvalue weighted by Crippen LogP contribution is 2.30. The second kappa shape index (κ2) is 9.33. The number of nitrogens with one attached hydrogen (secondary N) is 1. The first-order valence-electron chi connectivity index (χ1n) is 8.91. The Hall–Kier alpha value is -2.92. The summed E-state index contributed by atoms with van der Waals surface area (Å²) >= 11 is 1.78. The molecule has 0 heterocycles. The van der Waals surface area contributed by atoms with Crippen LogP contribution in [0.4, 0.5) is 5.69 Å². The van der Waals surface area contributed by atoms with Crippen LogP contribution in [-0.2, 0) is 5.75 Å². The molecule has 0 aliphatic carbocycles. The lowest BCUT2D eigenvalue weighted by atomic mass is 10.1. The zero-order valence-electron chi connectivity index (χ0n) is 16.2. The first kappa shape index (κ1) is 19.8. The van der Waals surface area contributed by atoms with E-state index in [0.29, 0.717) is 22.7 Å². The third-order valence-electron chi connectivity index (χ3n) is 4.28. The van der Waals surface area contributed by atoms with Crippen LogP contribution in [0.5, 0.6) is 11.5 Å². The minimum atomic E-state index is -0.162. The van der Waals surface area contributed by atoms with Gasteiger partial charge in [-0.05, 0) is 48.9 Å². The maximum atomic E-state index is 12.5. The minimum Gasteiger partial charge on any atom is -0.493 e. The van der Waals surface area contributed by atoms with Crippen LogP contribution in [-0.4, -0.2) is 20.1 Å². The summed E-state index contributed by atoms with van der Waals surface area (Å²) in [5.41, 5.74) is 3.70. The number of aryl methyl sites for hydroxylation is 1. The smallest absolute Gasteiger partial charge is 0.255 e. The second-order valence-electron chi connectivity index (χ2n) is 6.32. The largest absolute Gasteiger partial charge is 0.493 e. The molecule has 3 aromatic carbocycles. The van der Waals surface area contributed by atoms with Gasteiger partial charge in [-0.2, -0.15) is 0 Å². The summed E-state index contributed by atoms with van der Waals surface area (Å²) in [5, 5.41) is 2.89. The van der Waals surface area contributed by atoms with Crippen molar-refractivity contribution >= 4 is 23.4 Å². The Morgan fingerprint density at radius 3 is 2.21 bits per heavy atom. The molecule has 0 saturated carbocycles. The van der Waals surface area contributed by atoms with Crippen molar-refractivity contribution < 1.29 is 14.3 Å². The fraction of sp³-hybridized carbons (Fsp3) is 0.174. The lowest BCUT2D eigenvalue weighted by Gasteiger charge is -2.11. The Bertz CT molecular complexity index is 937. The fourth-order valence-electron chi connectivity index (χ4n) is 2.67. The van der Waals surface area contributed by atoms with Gasteiger partial charge in [0.1, 0.15) is 0 Å². The van der Waals surface area contributed by atoms with Gasteiger partial charge in [0, 0.05) is 28.0 Å². The van der Waals surface area contributed by atoms with Crippen LogP contribution >= 0.6 is 11.8 Å². The van der Waals surface area contributed by atoms with Crippen molar-refractivity contribution in [1.29, 1.82) is 0 Å². The van der Waals surface area contributed by atoms with Gasteiger partial charge >= 0.3 is 0 Å². The van der Waals surface area contributed by atoms with E-state index in [-0.39, 0.29) is 5.91 Å². The summed E-state index contributed by atoms with van der Waals surface area (Å²) in [7, 11) is 3.14. The molecular formula is C23H23NO3S. The molecule has 0 aromatic heterocycles. The number of methoxy groups -OCH3 is 2. The van der Waals surface area contributed by atoms with Crippen LogP contribution in [0, 0.1) is 6.92 Å². The highest BCUT2D eigenvalue weighted by Gasteiger charge is 2.09. The molecule has 1 amide bonds. The van der Waals surface area contributed by atoms with E-state index in [4.69, 9.17) is 9.47 Å². The van der Waals surface area contributed by atoms with Crippen molar-refractivity contribution in [1.82, 2.24) is 0 Å². The third kappa shape index (κ3) is 5.08. The van der Waals surface area contributed by atoms with Gasteiger partial charge in [-0.25, -0.2) is 0 Å². The SMILES string of the molecule is COc1ccc(NC(=O)c2ccc(CSc3ccc(C)cc3)cc2)cc1OC. The molecule has 0 aliphatic rings. The maximum Gasteiger partial charge on any atom is 0.255 e. The number of anilines is 1. The summed E-state index contributed by atoms with van der Waals surface area (Å²) in [4.78, 5) is 13.7. The number of carbonyl (C=O) groups excluding carboxylic acids is 1. The van der Waals surface area contributed by atoms with Crippen LogP contribution in [0.25, 0.3) is 0 Å². The van der Waals surface area contributed by atoms with E-state index in [1.165, 1.54) is 16.0 Å². The molecule has 0 radical (unpaired) electrons. The standard InChI is InChI=1S/C23H23NO3S/c1-16-4-11-20(12-5-16)28-15-17-6-8-18(9-7-17)23(25)24-19-10-13-21(26-2)22(14-19)27-3/h4-14H,15H2,1-3H3,(H,24,25). The predicted octanol–water partition coefficient (Wildman–Crippen LogP) is 5.56. The van der Waals surface area contributed by atoms with Crippen LogP contribution in [0.1, 0.15) is 21.5 Å². The van der Waals surface area contributed by atoms with Gasteiger partial charge in [-0.15, -0.1) is 11.8 Å². The van der Waals surface area contributed by atoms with Crippen LogP contribution in [0.15, 0.2) is 71.6 Å². The predicted molar refractivity (Wildman–Crippen MR) is 115 cm³/mol. The molecule has 0 atom stereocenters. The summed E-state index contributed by atoms with van der Waals surface area (Å²) in [6.07, 6.45) is 0. The Labute approximate surface area is 169 Å². The molecule has 3 aromatic rings. The third-order valence-corrected chi connectivity index (χ3v) is 5.37. The average Bonchev–Trinajstić information content (AvgIpc) is 2.73. The molecule has 0 unspecified atom stereocenters.